The Bertz CT molecular complexity index is 425. The van der Waals surface area contributed by atoms with Crippen LogP contribution in [0.4, 0.5) is 5.69 Å². The summed E-state index contributed by atoms with van der Waals surface area (Å²) in [6, 6.07) is 6.39. The normalized spacial score (nSPS) is 26.9. The van der Waals surface area contributed by atoms with Crippen molar-refractivity contribution in [2.24, 2.45) is 11.3 Å². The van der Waals surface area contributed by atoms with Crippen molar-refractivity contribution in [3.05, 3.63) is 23.8 Å². The van der Waals surface area contributed by atoms with Crippen LogP contribution < -0.4 is 5.32 Å². The Labute approximate surface area is 110 Å². The largest absolute Gasteiger partial charge is 0.508 e. The molecule has 2 N–H and O–H groups in total. The summed E-state index contributed by atoms with van der Waals surface area (Å²) in [5.41, 5.74) is 2.44. The Balaban J connectivity index is 2.03. The quantitative estimate of drug-likeness (QED) is 0.815. The van der Waals surface area contributed by atoms with E-state index in [-0.39, 0.29) is 0 Å². The van der Waals surface area contributed by atoms with E-state index in [1.54, 1.807) is 0 Å². The molecule has 1 saturated carbocycles. The van der Waals surface area contributed by atoms with Crippen LogP contribution >= 0.6 is 0 Å². The van der Waals surface area contributed by atoms with Gasteiger partial charge in [-0.2, -0.15) is 0 Å². The number of hydrogen-bond donors (Lipinski definition) is 2. The number of anilines is 1. The predicted molar refractivity (Wildman–Crippen MR) is 77.1 cm³/mol. The second-order valence-corrected chi connectivity index (χ2v) is 6.64. The molecule has 1 aromatic rings. The molecule has 2 heteroatoms. The minimum atomic E-state index is 0.379. The molecule has 2 nitrogen and oxygen atoms in total. The fourth-order valence-electron chi connectivity index (χ4n) is 3.07. The van der Waals surface area contributed by atoms with Gasteiger partial charge in [-0.3, -0.25) is 0 Å². The monoisotopic (exact) mass is 247 g/mol. The Morgan fingerprint density at radius 1 is 1.33 bits per heavy atom. The molecular weight excluding hydrogens is 222 g/mol. The number of phenolic OH excluding ortho intramolecular Hbond substituents is 1. The lowest BCUT2D eigenvalue weighted by Crippen LogP contribution is -2.36. The van der Waals surface area contributed by atoms with Crippen LogP contribution in [0.5, 0.6) is 5.75 Å². The molecule has 2 unspecified atom stereocenters. The number of hydrogen-bond acceptors (Lipinski definition) is 2. The Kier molecular flexibility index (Phi) is 3.56. The van der Waals surface area contributed by atoms with Gasteiger partial charge in [-0.1, -0.05) is 26.8 Å². The van der Waals surface area contributed by atoms with Crippen molar-refractivity contribution in [2.45, 2.75) is 53.0 Å². The van der Waals surface area contributed by atoms with Gasteiger partial charge in [0.1, 0.15) is 5.75 Å². The second-order valence-electron chi connectivity index (χ2n) is 6.64. The topological polar surface area (TPSA) is 32.3 Å². The van der Waals surface area contributed by atoms with Crippen molar-refractivity contribution in [2.75, 3.05) is 5.32 Å². The van der Waals surface area contributed by atoms with Crippen molar-refractivity contribution in [3.63, 3.8) is 0 Å². The molecule has 1 fully saturated rings. The second kappa shape index (κ2) is 4.83. The lowest BCUT2D eigenvalue weighted by atomic mass is 9.70. The van der Waals surface area contributed by atoms with Crippen LogP contribution in [0.15, 0.2) is 18.2 Å². The highest BCUT2D eigenvalue weighted by atomic mass is 16.3. The van der Waals surface area contributed by atoms with E-state index in [1.165, 1.54) is 19.3 Å². The molecule has 1 aliphatic rings. The summed E-state index contributed by atoms with van der Waals surface area (Å²) in [6.45, 7) is 8.96. The molecule has 1 aliphatic carbocycles. The maximum atomic E-state index is 9.74. The highest BCUT2D eigenvalue weighted by Crippen LogP contribution is 2.39. The first-order valence-electron chi connectivity index (χ1n) is 6.93. The third-order valence-electron chi connectivity index (χ3n) is 4.25. The SMILES string of the molecule is Cc1ccc(NC2CCC(C)(C)CC2C)cc1O. The molecule has 1 aromatic carbocycles. The number of rotatable bonds is 2. The van der Waals surface area contributed by atoms with Crippen LogP contribution in [0.25, 0.3) is 0 Å². The van der Waals surface area contributed by atoms with Crippen molar-refractivity contribution in [1.29, 1.82) is 0 Å². The number of nitrogens with one attached hydrogen (secondary N) is 1. The van der Waals surface area contributed by atoms with Crippen LogP contribution in [-0.4, -0.2) is 11.1 Å². The summed E-state index contributed by atoms with van der Waals surface area (Å²) in [6.07, 6.45) is 3.75. The van der Waals surface area contributed by atoms with Crippen molar-refractivity contribution in [3.8, 4) is 5.75 Å². The van der Waals surface area contributed by atoms with Crippen molar-refractivity contribution < 1.29 is 5.11 Å². The first-order valence-corrected chi connectivity index (χ1v) is 6.93. The van der Waals surface area contributed by atoms with E-state index < -0.39 is 0 Å². The Morgan fingerprint density at radius 2 is 2.06 bits per heavy atom. The molecule has 0 bridgehead atoms. The van der Waals surface area contributed by atoms with E-state index in [1.807, 2.05) is 19.1 Å². The third kappa shape index (κ3) is 2.98. The average molecular weight is 247 g/mol. The summed E-state index contributed by atoms with van der Waals surface area (Å²) in [4.78, 5) is 0. The van der Waals surface area contributed by atoms with E-state index in [2.05, 4.69) is 32.2 Å². The molecule has 0 heterocycles. The maximum absolute atomic E-state index is 9.74. The molecule has 18 heavy (non-hydrogen) atoms. The van der Waals surface area contributed by atoms with Crippen molar-refractivity contribution in [1.82, 2.24) is 0 Å². The van der Waals surface area contributed by atoms with Crippen LogP contribution in [0, 0.1) is 18.3 Å². The zero-order valence-corrected chi connectivity index (χ0v) is 12.0. The summed E-state index contributed by atoms with van der Waals surface area (Å²) in [7, 11) is 0. The number of aryl methyl sites for hydroxylation is 1. The van der Waals surface area contributed by atoms with Gasteiger partial charge in [0, 0.05) is 17.8 Å². The van der Waals surface area contributed by atoms with Gasteiger partial charge >= 0.3 is 0 Å². The zero-order valence-electron chi connectivity index (χ0n) is 12.0. The third-order valence-corrected chi connectivity index (χ3v) is 4.25. The van der Waals surface area contributed by atoms with Gasteiger partial charge in [0.05, 0.1) is 0 Å². The minimum Gasteiger partial charge on any atom is -0.508 e. The molecule has 100 valence electrons. The van der Waals surface area contributed by atoms with E-state index in [0.29, 0.717) is 23.1 Å². The number of benzene rings is 1. The Hall–Kier alpha value is -1.18. The Morgan fingerprint density at radius 3 is 2.67 bits per heavy atom. The average Bonchev–Trinajstić information content (AvgIpc) is 2.27. The van der Waals surface area contributed by atoms with E-state index >= 15 is 0 Å². The van der Waals surface area contributed by atoms with Gasteiger partial charge in [0.15, 0.2) is 0 Å². The molecule has 0 aromatic heterocycles. The lowest BCUT2D eigenvalue weighted by Gasteiger charge is -2.40. The van der Waals surface area contributed by atoms with Crippen molar-refractivity contribution >= 4 is 5.69 Å². The fourth-order valence-corrected chi connectivity index (χ4v) is 3.07. The van der Waals surface area contributed by atoms with Gasteiger partial charge in [-0.05, 0) is 49.1 Å². The molecule has 2 atom stereocenters. The van der Waals surface area contributed by atoms with Crippen LogP contribution in [0.2, 0.25) is 0 Å². The van der Waals surface area contributed by atoms with E-state index in [4.69, 9.17) is 0 Å². The molecule has 0 aliphatic heterocycles. The summed E-state index contributed by atoms with van der Waals surface area (Å²) >= 11 is 0. The first-order chi connectivity index (χ1) is 8.37. The van der Waals surface area contributed by atoms with Crippen LogP contribution in [0.1, 0.15) is 45.6 Å². The first kappa shape index (κ1) is 13.3. The van der Waals surface area contributed by atoms with E-state index in [9.17, 15) is 5.11 Å². The molecular formula is C16H25NO. The van der Waals surface area contributed by atoms with Gasteiger partial charge in [0.25, 0.3) is 0 Å². The highest BCUT2D eigenvalue weighted by molar-refractivity contribution is 5.51. The molecule has 0 spiro atoms. The standard InChI is InChI=1S/C16H25NO/c1-11-5-6-13(9-15(11)18)17-14-7-8-16(3,4)10-12(14)2/h5-6,9,12,14,17-18H,7-8,10H2,1-4H3. The summed E-state index contributed by atoms with van der Waals surface area (Å²) < 4.78 is 0. The number of aromatic hydroxyl groups is 1. The zero-order chi connectivity index (χ0) is 13.3. The van der Waals surface area contributed by atoms with Crippen LogP contribution in [0.3, 0.4) is 0 Å². The minimum absolute atomic E-state index is 0.379. The predicted octanol–water partition coefficient (Wildman–Crippen LogP) is 4.33. The van der Waals surface area contributed by atoms with Crippen LogP contribution in [-0.2, 0) is 0 Å². The highest BCUT2D eigenvalue weighted by Gasteiger charge is 2.32. The molecule has 0 saturated heterocycles. The lowest BCUT2D eigenvalue weighted by molar-refractivity contribution is 0.177. The molecule has 0 amide bonds. The molecule has 0 radical (unpaired) electrons. The van der Waals surface area contributed by atoms with E-state index in [0.717, 1.165) is 11.3 Å². The smallest absolute Gasteiger partial charge is 0.120 e. The molecule has 2 rings (SSSR count). The summed E-state index contributed by atoms with van der Waals surface area (Å²) in [5, 5.41) is 13.3. The summed E-state index contributed by atoms with van der Waals surface area (Å²) in [5.74, 6) is 1.06. The van der Waals surface area contributed by atoms with Gasteiger partial charge in [-0.15, -0.1) is 0 Å². The van der Waals surface area contributed by atoms with Gasteiger partial charge in [-0.25, -0.2) is 0 Å². The van der Waals surface area contributed by atoms with Gasteiger partial charge in [0.2, 0.25) is 0 Å². The fraction of sp³-hybridized carbons (Fsp3) is 0.625. The number of phenols is 1. The van der Waals surface area contributed by atoms with Gasteiger partial charge < -0.3 is 10.4 Å². The maximum Gasteiger partial charge on any atom is 0.120 e.